The summed E-state index contributed by atoms with van der Waals surface area (Å²) in [6.45, 7) is 2.53. The van der Waals surface area contributed by atoms with Crippen molar-refractivity contribution in [2.24, 2.45) is 5.14 Å². The average molecular weight is 312 g/mol. The maximum Gasteiger partial charge on any atom is 0.255 e. The number of carbonyl (C=O) groups excluding carboxylic acids is 1. The van der Waals surface area contributed by atoms with E-state index in [1.807, 2.05) is 6.92 Å². The quantitative estimate of drug-likeness (QED) is 0.839. The number of benzene rings is 1. The highest BCUT2D eigenvalue weighted by molar-refractivity contribution is 7.89. The molecule has 8 heteroatoms. The van der Waals surface area contributed by atoms with Crippen molar-refractivity contribution in [3.63, 3.8) is 0 Å². The fourth-order valence-electron chi connectivity index (χ4n) is 2.12. The summed E-state index contributed by atoms with van der Waals surface area (Å²) >= 11 is 0. The number of primary sulfonamides is 1. The van der Waals surface area contributed by atoms with E-state index in [9.17, 15) is 13.2 Å². The number of ether oxygens (including phenoxy) is 2. The highest BCUT2D eigenvalue weighted by atomic mass is 32.2. The highest BCUT2D eigenvalue weighted by Crippen LogP contribution is 2.38. The van der Waals surface area contributed by atoms with Crippen LogP contribution in [0.2, 0.25) is 0 Å². The number of carbonyl (C=O) groups is 1. The Morgan fingerprint density at radius 2 is 1.95 bits per heavy atom. The van der Waals surface area contributed by atoms with Crippen molar-refractivity contribution in [1.82, 2.24) is 5.32 Å². The van der Waals surface area contributed by atoms with Crippen molar-refractivity contribution in [3.8, 4) is 11.5 Å². The Labute approximate surface area is 122 Å². The predicted molar refractivity (Wildman–Crippen MR) is 73.9 cm³/mol. The smallest absolute Gasteiger partial charge is 0.255 e. The van der Waals surface area contributed by atoms with Crippen LogP contribution in [-0.4, -0.2) is 33.1 Å². The number of nitrogens with one attached hydrogen (secondary N) is 1. The first-order valence-corrected chi connectivity index (χ1v) is 8.12. The van der Waals surface area contributed by atoms with E-state index in [0.29, 0.717) is 13.2 Å². The molecule has 1 amide bonds. The van der Waals surface area contributed by atoms with E-state index < -0.39 is 10.0 Å². The van der Waals surface area contributed by atoms with E-state index in [4.69, 9.17) is 14.6 Å². The first kappa shape index (κ1) is 14.2. The topological polar surface area (TPSA) is 108 Å². The normalized spacial score (nSPS) is 19.0. The molecule has 1 aromatic rings. The number of sulfonamides is 1. The van der Waals surface area contributed by atoms with Gasteiger partial charge in [-0.15, -0.1) is 0 Å². The van der Waals surface area contributed by atoms with Gasteiger partial charge in [-0.25, -0.2) is 13.6 Å². The molecule has 0 aromatic heterocycles. The molecule has 1 fully saturated rings. The van der Waals surface area contributed by atoms with E-state index in [2.05, 4.69) is 5.32 Å². The standard InChI is InChI=1S/C13H16N2O5S/c1-13(2-3-13)15-12(16)9-6-8(21(14,17)18)7-10-11(9)20-5-4-19-10/h6-7H,2-5H2,1H3,(H,15,16)(H2,14,17,18). The van der Waals surface area contributed by atoms with Gasteiger partial charge in [0.2, 0.25) is 10.0 Å². The maximum absolute atomic E-state index is 12.4. The van der Waals surface area contributed by atoms with Gasteiger partial charge >= 0.3 is 0 Å². The van der Waals surface area contributed by atoms with Gasteiger partial charge in [0.25, 0.3) is 5.91 Å². The van der Waals surface area contributed by atoms with Crippen molar-refractivity contribution in [3.05, 3.63) is 17.7 Å². The molecule has 0 bridgehead atoms. The summed E-state index contributed by atoms with van der Waals surface area (Å²) in [5.41, 5.74) is -0.0961. The molecule has 0 atom stereocenters. The molecule has 1 saturated carbocycles. The van der Waals surface area contributed by atoms with Gasteiger partial charge in [0, 0.05) is 11.6 Å². The third-order valence-electron chi connectivity index (χ3n) is 3.60. The van der Waals surface area contributed by atoms with Crippen LogP contribution in [0.4, 0.5) is 0 Å². The van der Waals surface area contributed by atoms with E-state index in [0.717, 1.165) is 12.8 Å². The van der Waals surface area contributed by atoms with Gasteiger partial charge in [-0.3, -0.25) is 4.79 Å². The lowest BCUT2D eigenvalue weighted by molar-refractivity contribution is 0.0924. The molecule has 3 N–H and O–H groups in total. The third kappa shape index (κ3) is 2.81. The molecule has 0 saturated heterocycles. The van der Waals surface area contributed by atoms with E-state index in [1.54, 1.807) is 0 Å². The SMILES string of the molecule is CC1(NC(=O)c2cc(S(N)(=O)=O)cc3c2OCCO3)CC1. The molecule has 0 radical (unpaired) electrons. The Hall–Kier alpha value is -1.80. The molecule has 0 unspecified atom stereocenters. The fourth-order valence-corrected chi connectivity index (χ4v) is 2.67. The van der Waals surface area contributed by atoms with E-state index in [1.165, 1.54) is 12.1 Å². The van der Waals surface area contributed by atoms with Crippen molar-refractivity contribution >= 4 is 15.9 Å². The predicted octanol–water partition coefficient (Wildman–Crippen LogP) is 0.387. The van der Waals surface area contributed by atoms with Crippen LogP contribution in [0, 0.1) is 0 Å². The number of hydrogen-bond donors (Lipinski definition) is 2. The minimum absolute atomic E-state index is 0.129. The molecule has 3 rings (SSSR count). The number of fused-ring (bicyclic) bond motifs is 1. The van der Waals surface area contributed by atoms with Crippen LogP contribution in [0.3, 0.4) is 0 Å². The summed E-state index contributed by atoms with van der Waals surface area (Å²) in [7, 11) is -3.94. The zero-order valence-corrected chi connectivity index (χ0v) is 12.3. The maximum atomic E-state index is 12.4. The van der Waals surface area contributed by atoms with Crippen molar-refractivity contribution in [1.29, 1.82) is 0 Å². The van der Waals surface area contributed by atoms with Crippen LogP contribution in [0.25, 0.3) is 0 Å². The Morgan fingerprint density at radius 3 is 2.57 bits per heavy atom. The summed E-state index contributed by atoms with van der Waals surface area (Å²) in [5.74, 6) is 0.0940. The van der Waals surface area contributed by atoms with Crippen LogP contribution < -0.4 is 19.9 Å². The van der Waals surface area contributed by atoms with Gasteiger partial charge in [0.15, 0.2) is 11.5 Å². The minimum Gasteiger partial charge on any atom is -0.486 e. The molecule has 2 aliphatic rings. The molecule has 1 aliphatic carbocycles. The second-order valence-electron chi connectivity index (χ2n) is 5.55. The minimum atomic E-state index is -3.94. The molecule has 7 nitrogen and oxygen atoms in total. The number of nitrogens with two attached hydrogens (primary N) is 1. The number of hydrogen-bond acceptors (Lipinski definition) is 5. The number of amides is 1. The molecule has 114 valence electrons. The van der Waals surface area contributed by atoms with Crippen LogP contribution in [0.1, 0.15) is 30.1 Å². The lowest BCUT2D eigenvalue weighted by Gasteiger charge is -2.22. The third-order valence-corrected chi connectivity index (χ3v) is 4.50. The molecular formula is C13H16N2O5S. The van der Waals surface area contributed by atoms with Crippen LogP contribution >= 0.6 is 0 Å². The monoisotopic (exact) mass is 312 g/mol. The Bertz CT molecular complexity index is 710. The first-order chi connectivity index (χ1) is 9.78. The van der Waals surface area contributed by atoms with Gasteiger partial charge in [0.05, 0.1) is 10.5 Å². The Kier molecular flexibility index (Phi) is 3.10. The van der Waals surface area contributed by atoms with E-state index >= 15 is 0 Å². The molecular weight excluding hydrogens is 296 g/mol. The summed E-state index contributed by atoms with van der Waals surface area (Å²) in [6.07, 6.45) is 1.79. The summed E-state index contributed by atoms with van der Waals surface area (Å²) in [6, 6.07) is 2.50. The second kappa shape index (κ2) is 4.60. The van der Waals surface area contributed by atoms with Crippen LogP contribution in [0.5, 0.6) is 11.5 Å². The number of rotatable bonds is 3. The highest BCUT2D eigenvalue weighted by Gasteiger charge is 2.39. The fraction of sp³-hybridized carbons (Fsp3) is 0.462. The van der Waals surface area contributed by atoms with Gasteiger partial charge in [-0.2, -0.15) is 0 Å². The first-order valence-electron chi connectivity index (χ1n) is 6.57. The molecule has 1 aromatic carbocycles. The van der Waals surface area contributed by atoms with Gasteiger partial charge in [-0.1, -0.05) is 0 Å². The van der Waals surface area contributed by atoms with Gasteiger partial charge in [0.1, 0.15) is 13.2 Å². The van der Waals surface area contributed by atoms with Gasteiger partial charge < -0.3 is 14.8 Å². The summed E-state index contributed by atoms with van der Waals surface area (Å²) < 4.78 is 33.9. The molecule has 1 aliphatic heterocycles. The van der Waals surface area contributed by atoms with Crippen molar-refractivity contribution in [2.75, 3.05) is 13.2 Å². The Morgan fingerprint density at radius 1 is 1.29 bits per heavy atom. The lowest BCUT2D eigenvalue weighted by atomic mass is 10.1. The van der Waals surface area contributed by atoms with Crippen molar-refractivity contribution < 1.29 is 22.7 Å². The molecule has 1 heterocycles. The molecule has 21 heavy (non-hydrogen) atoms. The van der Waals surface area contributed by atoms with Gasteiger partial charge in [-0.05, 0) is 25.8 Å². The summed E-state index contributed by atoms with van der Waals surface area (Å²) in [4.78, 5) is 12.2. The van der Waals surface area contributed by atoms with E-state index in [-0.39, 0.29) is 33.4 Å². The molecule has 0 spiro atoms. The van der Waals surface area contributed by atoms with Crippen molar-refractivity contribution in [2.45, 2.75) is 30.2 Å². The zero-order valence-electron chi connectivity index (χ0n) is 11.5. The average Bonchev–Trinajstić information content (AvgIpc) is 3.13. The van der Waals surface area contributed by atoms with Crippen LogP contribution in [0.15, 0.2) is 17.0 Å². The Balaban J connectivity index is 2.06. The lowest BCUT2D eigenvalue weighted by Crippen LogP contribution is -2.35. The second-order valence-corrected chi connectivity index (χ2v) is 7.12. The summed E-state index contributed by atoms with van der Waals surface area (Å²) in [5, 5.41) is 8.01. The zero-order chi connectivity index (χ0) is 15.3. The van der Waals surface area contributed by atoms with Crippen LogP contribution in [-0.2, 0) is 10.0 Å². The largest absolute Gasteiger partial charge is 0.486 e.